The van der Waals surface area contributed by atoms with Gasteiger partial charge in [0.1, 0.15) is 0 Å². The van der Waals surface area contributed by atoms with E-state index in [-0.39, 0.29) is 11.3 Å². The van der Waals surface area contributed by atoms with Crippen LogP contribution in [0.1, 0.15) is 32.2 Å². The predicted octanol–water partition coefficient (Wildman–Crippen LogP) is 4.46. The van der Waals surface area contributed by atoms with E-state index in [0.717, 1.165) is 10.7 Å². The van der Waals surface area contributed by atoms with Gasteiger partial charge in [0.2, 0.25) is 5.91 Å². The Morgan fingerprint density at radius 3 is 2.83 bits per heavy atom. The second kappa shape index (κ2) is 6.07. The number of halogens is 1. The van der Waals surface area contributed by atoms with Crippen molar-refractivity contribution in [2.75, 3.05) is 5.32 Å². The molecule has 0 atom stereocenters. The van der Waals surface area contributed by atoms with Crippen molar-refractivity contribution in [3.63, 3.8) is 0 Å². The van der Waals surface area contributed by atoms with Crippen molar-refractivity contribution in [2.45, 2.75) is 26.2 Å². The van der Waals surface area contributed by atoms with Gasteiger partial charge in [-0.2, -0.15) is 0 Å². The molecule has 3 aromatic heterocycles. The van der Waals surface area contributed by atoms with E-state index in [4.69, 9.17) is 11.6 Å². The van der Waals surface area contributed by atoms with Gasteiger partial charge in [-0.1, -0.05) is 32.4 Å². The maximum Gasteiger partial charge on any atom is 0.250 e. The zero-order valence-corrected chi connectivity index (χ0v) is 15.2. The molecule has 23 heavy (non-hydrogen) atoms. The first kappa shape index (κ1) is 16.2. The number of thiazole rings is 2. The maximum absolute atomic E-state index is 12.1. The molecule has 0 bridgehead atoms. The molecule has 0 aliphatic rings. The summed E-state index contributed by atoms with van der Waals surface area (Å²) in [7, 11) is 0. The Balaban J connectivity index is 1.73. The molecule has 0 fully saturated rings. The highest BCUT2D eigenvalue weighted by Crippen LogP contribution is 2.26. The maximum atomic E-state index is 12.1. The molecular weight excluding hydrogens is 352 g/mol. The summed E-state index contributed by atoms with van der Waals surface area (Å²) in [6, 6.07) is 0. The Hall–Kier alpha value is -1.70. The first-order valence-corrected chi connectivity index (χ1v) is 9.04. The van der Waals surface area contributed by atoms with Gasteiger partial charge in [0.15, 0.2) is 15.2 Å². The van der Waals surface area contributed by atoms with Crippen LogP contribution in [0.2, 0.25) is 5.15 Å². The van der Waals surface area contributed by atoms with E-state index in [1.807, 2.05) is 21.4 Å². The SMILES string of the molecule is CC(C)(C)c1csc(NC(=O)C=Cc2c(Cl)nc3sccn23)n1. The number of fused-ring (bicyclic) bond motifs is 1. The van der Waals surface area contributed by atoms with E-state index < -0.39 is 0 Å². The summed E-state index contributed by atoms with van der Waals surface area (Å²) in [5.41, 5.74) is 1.61. The summed E-state index contributed by atoms with van der Waals surface area (Å²) in [5, 5.41) is 7.61. The van der Waals surface area contributed by atoms with Gasteiger partial charge in [-0.15, -0.1) is 22.7 Å². The topological polar surface area (TPSA) is 59.3 Å². The second-order valence-electron chi connectivity index (χ2n) is 5.95. The van der Waals surface area contributed by atoms with Crippen LogP contribution in [0.3, 0.4) is 0 Å². The fourth-order valence-corrected chi connectivity index (χ4v) is 3.85. The van der Waals surface area contributed by atoms with E-state index in [9.17, 15) is 4.79 Å². The molecule has 8 heteroatoms. The molecule has 1 amide bonds. The smallest absolute Gasteiger partial charge is 0.250 e. The van der Waals surface area contributed by atoms with Crippen LogP contribution in [0.4, 0.5) is 5.13 Å². The van der Waals surface area contributed by atoms with Crippen molar-refractivity contribution in [3.8, 4) is 0 Å². The van der Waals surface area contributed by atoms with Crippen LogP contribution in [0.5, 0.6) is 0 Å². The number of amides is 1. The minimum Gasteiger partial charge on any atom is -0.298 e. The number of aromatic nitrogens is 3. The van der Waals surface area contributed by atoms with Gasteiger partial charge in [-0.05, 0) is 6.08 Å². The molecule has 0 aromatic carbocycles. The number of nitrogens with zero attached hydrogens (tertiary/aromatic N) is 3. The lowest BCUT2D eigenvalue weighted by molar-refractivity contribution is -0.111. The van der Waals surface area contributed by atoms with Crippen molar-refractivity contribution in [1.29, 1.82) is 0 Å². The Morgan fingerprint density at radius 1 is 1.35 bits per heavy atom. The number of hydrogen-bond donors (Lipinski definition) is 1. The molecule has 3 aromatic rings. The van der Waals surface area contributed by atoms with E-state index >= 15 is 0 Å². The van der Waals surface area contributed by atoms with Gasteiger partial charge < -0.3 is 0 Å². The monoisotopic (exact) mass is 366 g/mol. The minimum atomic E-state index is -0.249. The Morgan fingerprint density at radius 2 is 2.13 bits per heavy atom. The van der Waals surface area contributed by atoms with Gasteiger partial charge in [-0.25, -0.2) is 9.97 Å². The molecule has 3 rings (SSSR count). The van der Waals surface area contributed by atoms with E-state index in [2.05, 4.69) is 36.1 Å². The minimum absolute atomic E-state index is 0.0367. The van der Waals surface area contributed by atoms with Crippen molar-refractivity contribution >= 4 is 56.4 Å². The molecule has 0 unspecified atom stereocenters. The van der Waals surface area contributed by atoms with Crippen LogP contribution in [0.25, 0.3) is 11.0 Å². The molecule has 5 nitrogen and oxygen atoms in total. The first-order chi connectivity index (χ1) is 10.8. The number of carbonyl (C=O) groups excluding carboxylic acids is 1. The molecule has 3 heterocycles. The average molecular weight is 367 g/mol. The molecule has 0 saturated carbocycles. The third kappa shape index (κ3) is 3.46. The highest BCUT2D eigenvalue weighted by atomic mass is 35.5. The Bertz CT molecular complexity index is 885. The van der Waals surface area contributed by atoms with Crippen LogP contribution in [-0.4, -0.2) is 20.3 Å². The van der Waals surface area contributed by atoms with E-state index in [1.165, 1.54) is 28.7 Å². The average Bonchev–Trinajstić information content (AvgIpc) is 3.12. The van der Waals surface area contributed by atoms with Crippen molar-refractivity contribution in [2.24, 2.45) is 0 Å². The van der Waals surface area contributed by atoms with Crippen LogP contribution >= 0.6 is 34.3 Å². The lowest BCUT2D eigenvalue weighted by atomic mass is 9.93. The quantitative estimate of drug-likeness (QED) is 0.696. The molecule has 0 radical (unpaired) electrons. The molecule has 1 N–H and O–H groups in total. The molecule has 0 saturated heterocycles. The number of anilines is 1. The molecular formula is C15H15ClN4OS2. The third-order valence-electron chi connectivity index (χ3n) is 3.15. The number of hydrogen-bond acceptors (Lipinski definition) is 5. The normalized spacial score (nSPS) is 12.3. The summed E-state index contributed by atoms with van der Waals surface area (Å²) in [6.07, 6.45) is 4.96. The standard InChI is InChI=1S/C15H15ClN4OS2/c1-15(2,3)10-8-23-13(17-10)18-11(21)5-4-9-12(16)19-14-20(9)6-7-22-14/h4-8H,1-3H3,(H,17,18,21). The highest BCUT2D eigenvalue weighted by Gasteiger charge is 2.17. The summed E-state index contributed by atoms with van der Waals surface area (Å²) < 4.78 is 1.85. The van der Waals surface area contributed by atoms with Gasteiger partial charge in [0, 0.05) is 28.4 Å². The fourth-order valence-electron chi connectivity index (χ4n) is 1.90. The highest BCUT2D eigenvalue weighted by molar-refractivity contribution is 7.15. The first-order valence-electron chi connectivity index (χ1n) is 6.91. The lowest BCUT2D eigenvalue weighted by Gasteiger charge is -2.14. The molecule has 0 aliphatic heterocycles. The third-order valence-corrected chi connectivity index (χ3v) is 4.94. The van der Waals surface area contributed by atoms with E-state index in [0.29, 0.717) is 16.0 Å². The van der Waals surface area contributed by atoms with Gasteiger partial charge in [0.05, 0.1) is 11.4 Å². The fraction of sp³-hybridized carbons (Fsp3) is 0.267. The van der Waals surface area contributed by atoms with Crippen LogP contribution in [0.15, 0.2) is 23.0 Å². The van der Waals surface area contributed by atoms with Gasteiger partial charge in [-0.3, -0.25) is 14.5 Å². The Labute approximate surface area is 146 Å². The summed E-state index contributed by atoms with van der Waals surface area (Å²) >= 11 is 8.99. The van der Waals surface area contributed by atoms with Gasteiger partial charge >= 0.3 is 0 Å². The number of carbonyl (C=O) groups is 1. The summed E-state index contributed by atoms with van der Waals surface area (Å²) in [5.74, 6) is -0.249. The Kier molecular flexibility index (Phi) is 4.27. The number of imidazole rings is 1. The van der Waals surface area contributed by atoms with Crippen molar-refractivity contribution < 1.29 is 4.79 Å². The van der Waals surface area contributed by atoms with Crippen LogP contribution in [-0.2, 0) is 10.2 Å². The lowest BCUT2D eigenvalue weighted by Crippen LogP contribution is -2.12. The summed E-state index contributed by atoms with van der Waals surface area (Å²) in [6.45, 7) is 6.25. The van der Waals surface area contributed by atoms with Crippen molar-refractivity contribution in [3.05, 3.63) is 39.6 Å². The number of nitrogens with one attached hydrogen (secondary N) is 1. The van der Waals surface area contributed by atoms with Crippen LogP contribution in [0, 0.1) is 0 Å². The van der Waals surface area contributed by atoms with E-state index in [1.54, 1.807) is 6.08 Å². The number of rotatable bonds is 3. The van der Waals surface area contributed by atoms with Crippen molar-refractivity contribution in [1.82, 2.24) is 14.4 Å². The molecule has 0 spiro atoms. The molecule has 0 aliphatic carbocycles. The van der Waals surface area contributed by atoms with Gasteiger partial charge in [0.25, 0.3) is 0 Å². The zero-order valence-electron chi connectivity index (χ0n) is 12.8. The van der Waals surface area contributed by atoms with Crippen LogP contribution < -0.4 is 5.32 Å². The zero-order chi connectivity index (χ0) is 16.6. The second-order valence-corrected chi connectivity index (χ2v) is 8.04. The largest absolute Gasteiger partial charge is 0.298 e. The molecule has 120 valence electrons. The summed E-state index contributed by atoms with van der Waals surface area (Å²) in [4.78, 5) is 21.5. The predicted molar refractivity (Wildman–Crippen MR) is 96.6 cm³/mol.